The van der Waals surface area contributed by atoms with E-state index in [2.05, 4.69) is 68.6 Å². The first-order valence-electron chi connectivity index (χ1n) is 11.5. The van der Waals surface area contributed by atoms with E-state index in [-0.39, 0.29) is 11.1 Å². The lowest BCUT2D eigenvalue weighted by Gasteiger charge is -2.38. The summed E-state index contributed by atoms with van der Waals surface area (Å²) in [6.07, 6.45) is 17.0. The van der Waals surface area contributed by atoms with Crippen molar-refractivity contribution in [3.05, 3.63) is 0 Å². The summed E-state index contributed by atoms with van der Waals surface area (Å²) in [6, 6.07) is 0. The van der Waals surface area contributed by atoms with E-state index < -0.39 is 8.32 Å². The van der Waals surface area contributed by atoms with E-state index in [0.29, 0.717) is 0 Å². The van der Waals surface area contributed by atoms with Crippen LogP contribution in [0.2, 0.25) is 18.1 Å². The Morgan fingerprint density at radius 1 is 0.852 bits per heavy atom. The molecule has 3 heteroatoms. The summed E-state index contributed by atoms with van der Waals surface area (Å²) in [5, 5.41) is 1.42. The van der Waals surface area contributed by atoms with E-state index in [1.54, 1.807) is 0 Å². The van der Waals surface area contributed by atoms with Gasteiger partial charge < -0.3 is 4.43 Å². The third-order valence-corrected chi connectivity index (χ3v) is 10.8. The predicted octanol–water partition coefficient (Wildman–Crippen LogP) is 8.87. The molecule has 0 saturated heterocycles. The normalized spacial score (nSPS) is 13.3. The minimum absolute atomic E-state index is 0.144. The van der Waals surface area contributed by atoms with E-state index in [1.807, 2.05) is 0 Å². The van der Waals surface area contributed by atoms with Crippen LogP contribution in [0.1, 0.15) is 111 Å². The molecule has 0 amide bonds. The fraction of sp³-hybridized carbons (Fsp3) is 0.917. The molecule has 1 atom stereocenters. The van der Waals surface area contributed by atoms with Gasteiger partial charge in [0.25, 0.3) is 0 Å². The van der Waals surface area contributed by atoms with Gasteiger partial charge in [-0.15, -0.1) is 5.92 Å². The first-order valence-corrected chi connectivity index (χ1v) is 15.5. The molecule has 160 valence electrons. The highest BCUT2D eigenvalue weighted by Crippen LogP contribution is 2.37. The predicted molar refractivity (Wildman–Crippen MR) is 129 cm³/mol. The summed E-state index contributed by atoms with van der Waals surface area (Å²) in [7, 11) is -1.73. The van der Waals surface area contributed by atoms with Crippen molar-refractivity contribution in [3.63, 3.8) is 0 Å². The van der Waals surface area contributed by atoms with Crippen molar-refractivity contribution in [2.45, 2.75) is 135 Å². The highest BCUT2D eigenvalue weighted by molar-refractivity contribution is 9.09. The van der Waals surface area contributed by atoms with Gasteiger partial charge in [-0.1, -0.05) is 107 Å². The maximum Gasteiger partial charge on any atom is 0.193 e. The van der Waals surface area contributed by atoms with Gasteiger partial charge in [0.05, 0.1) is 0 Å². The van der Waals surface area contributed by atoms with Crippen LogP contribution in [0, 0.1) is 11.8 Å². The fourth-order valence-electron chi connectivity index (χ4n) is 2.81. The van der Waals surface area contributed by atoms with Crippen LogP contribution in [0.15, 0.2) is 0 Å². The van der Waals surface area contributed by atoms with Crippen LogP contribution in [-0.4, -0.2) is 19.8 Å². The zero-order valence-electron chi connectivity index (χ0n) is 19.3. The molecule has 27 heavy (non-hydrogen) atoms. The van der Waals surface area contributed by atoms with Gasteiger partial charge in [-0.3, -0.25) is 0 Å². The lowest BCUT2D eigenvalue weighted by Crippen LogP contribution is -2.43. The zero-order valence-corrected chi connectivity index (χ0v) is 21.8. The van der Waals surface area contributed by atoms with Crippen molar-refractivity contribution < 1.29 is 4.43 Å². The first-order chi connectivity index (χ1) is 12.7. The lowest BCUT2D eigenvalue weighted by atomic mass is 10.1. The molecular formula is C24H47BrOSi. The van der Waals surface area contributed by atoms with Crippen LogP contribution in [0.4, 0.5) is 0 Å². The Bertz CT molecular complexity index is 403. The molecule has 0 fully saturated rings. The second-order valence-electron chi connectivity index (χ2n) is 9.45. The number of hydrogen-bond acceptors (Lipinski definition) is 1. The molecule has 0 radical (unpaired) electrons. The summed E-state index contributed by atoms with van der Waals surface area (Å²) < 4.78 is 6.57. The van der Waals surface area contributed by atoms with Gasteiger partial charge in [0, 0.05) is 11.8 Å². The van der Waals surface area contributed by atoms with Crippen molar-refractivity contribution in [1.82, 2.24) is 0 Å². The maximum absolute atomic E-state index is 6.57. The molecule has 0 aromatic rings. The molecule has 0 aliphatic rings. The van der Waals surface area contributed by atoms with E-state index in [4.69, 9.17) is 4.43 Å². The van der Waals surface area contributed by atoms with Crippen LogP contribution < -0.4 is 0 Å². The van der Waals surface area contributed by atoms with E-state index in [0.717, 1.165) is 18.2 Å². The topological polar surface area (TPSA) is 9.23 Å². The van der Waals surface area contributed by atoms with Gasteiger partial charge in [-0.25, -0.2) is 0 Å². The lowest BCUT2D eigenvalue weighted by molar-refractivity contribution is 0.220. The monoisotopic (exact) mass is 458 g/mol. The Balaban J connectivity index is 4.03. The molecule has 0 aromatic heterocycles. The Labute approximate surface area is 181 Å². The Kier molecular flexibility index (Phi) is 16.2. The minimum atomic E-state index is -1.73. The molecule has 0 rings (SSSR count). The quantitative estimate of drug-likeness (QED) is 0.103. The van der Waals surface area contributed by atoms with Gasteiger partial charge in [-0.05, 0) is 37.4 Å². The number of hydrogen-bond donors (Lipinski definition) is 0. The highest BCUT2D eigenvalue weighted by atomic mass is 79.9. The van der Waals surface area contributed by atoms with Gasteiger partial charge >= 0.3 is 0 Å². The minimum Gasteiger partial charge on any atom is -0.403 e. The van der Waals surface area contributed by atoms with Crippen molar-refractivity contribution >= 4 is 24.2 Å². The Morgan fingerprint density at radius 3 is 1.85 bits per heavy atom. The molecular weight excluding hydrogens is 412 g/mol. The molecule has 0 saturated carbocycles. The van der Waals surface area contributed by atoms with Gasteiger partial charge in [0.2, 0.25) is 0 Å². The zero-order chi connectivity index (χ0) is 20.6. The second-order valence-corrected chi connectivity index (χ2v) is 15.0. The highest BCUT2D eigenvalue weighted by Gasteiger charge is 2.38. The Hall–Kier alpha value is 0.217. The maximum atomic E-state index is 6.57. The molecule has 0 N–H and O–H groups in total. The smallest absolute Gasteiger partial charge is 0.193 e. The molecule has 1 unspecified atom stereocenters. The fourth-order valence-corrected chi connectivity index (χ4v) is 4.45. The van der Waals surface area contributed by atoms with Crippen molar-refractivity contribution in [2.24, 2.45) is 0 Å². The molecule has 0 heterocycles. The number of unbranched alkanes of at least 4 members (excludes halogenated alkanes) is 10. The number of rotatable bonds is 15. The SMILES string of the molecule is CCCCC(C#CCCCCCCCCCCCBr)O[Si](C)(C)C(C)(C)C. The van der Waals surface area contributed by atoms with E-state index >= 15 is 0 Å². The van der Waals surface area contributed by atoms with Crippen LogP contribution in [0.5, 0.6) is 0 Å². The molecule has 0 bridgehead atoms. The average molecular weight is 460 g/mol. The van der Waals surface area contributed by atoms with Gasteiger partial charge in [-0.2, -0.15) is 0 Å². The second kappa shape index (κ2) is 16.1. The average Bonchev–Trinajstić information content (AvgIpc) is 2.59. The van der Waals surface area contributed by atoms with E-state index in [9.17, 15) is 0 Å². The third kappa shape index (κ3) is 14.8. The van der Waals surface area contributed by atoms with Crippen molar-refractivity contribution in [2.75, 3.05) is 5.33 Å². The van der Waals surface area contributed by atoms with Crippen LogP contribution >= 0.6 is 15.9 Å². The molecule has 1 nitrogen and oxygen atoms in total. The number of halogens is 1. The third-order valence-electron chi connectivity index (χ3n) is 5.76. The largest absolute Gasteiger partial charge is 0.403 e. The molecule has 0 aromatic carbocycles. The summed E-state index contributed by atoms with van der Waals surface area (Å²) in [4.78, 5) is 0. The Morgan fingerprint density at radius 2 is 1.37 bits per heavy atom. The van der Waals surface area contributed by atoms with Crippen LogP contribution in [0.3, 0.4) is 0 Å². The van der Waals surface area contributed by atoms with Crippen LogP contribution in [-0.2, 0) is 4.43 Å². The molecule has 0 spiro atoms. The summed E-state index contributed by atoms with van der Waals surface area (Å²) in [6.45, 7) is 13.9. The summed E-state index contributed by atoms with van der Waals surface area (Å²) in [5.41, 5.74) is 0. The van der Waals surface area contributed by atoms with Crippen LogP contribution in [0.25, 0.3) is 0 Å². The molecule has 0 aliphatic heterocycles. The molecule has 0 aliphatic carbocycles. The number of alkyl halides is 1. The summed E-state index contributed by atoms with van der Waals surface area (Å²) in [5.74, 6) is 6.91. The summed E-state index contributed by atoms with van der Waals surface area (Å²) >= 11 is 3.50. The van der Waals surface area contributed by atoms with Gasteiger partial charge in [0.1, 0.15) is 6.10 Å². The van der Waals surface area contributed by atoms with Crippen molar-refractivity contribution in [1.29, 1.82) is 0 Å². The van der Waals surface area contributed by atoms with Gasteiger partial charge in [0.15, 0.2) is 8.32 Å². The standard InChI is InChI=1S/C24H47BrOSi/c1-7-8-20-23(26-27(5,6)24(2,3)4)21-18-16-14-12-10-9-11-13-15-17-19-22-25/h23H,7-17,19-20,22H2,1-6H3. The van der Waals surface area contributed by atoms with E-state index in [1.165, 1.54) is 70.6 Å². The first kappa shape index (κ1) is 27.2. The van der Waals surface area contributed by atoms with Crippen molar-refractivity contribution in [3.8, 4) is 11.8 Å².